The second-order valence-corrected chi connectivity index (χ2v) is 5.26. The maximum absolute atomic E-state index is 3.54. The van der Waals surface area contributed by atoms with Gasteiger partial charge in [0.25, 0.3) is 0 Å². The fraction of sp³-hybridized carbons (Fsp3) is 1.00. The first-order chi connectivity index (χ1) is 7.20. The first-order valence-corrected chi connectivity index (χ1v) is 6.61. The van der Waals surface area contributed by atoms with Crippen molar-refractivity contribution in [1.82, 2.24) is 10.2 Å². The van der Waals surface area contributed by atoms with E-state index in [9.17, 15) is 0 Å². The number of unbranched alkanes of at least 4 members (excludes halogenated alkanes) is 1. The van der Waals surface area contributed by atoms with Crippen LogP contribution < -0.4 is 5.32 Å². The van der Waals surface area contributed by atoms with Crippen LogP contribution in [0.25, 0.3) is 0 Å². The second-order valence-electron chi connectivity index (χ2n) is 5.26. The Morgan fingerprint density at radius 3 is 2.53 bits per heavy atom. The van der Waals surface area contributed by atoms with Gasteiger partial charge in [-0.25, -0.2) is 0 Å². The van der Waals surface area contributed by atoms with Crippen LogP contribution in [0.3, 0.4) is 0 Å². The van der Waals surface area contributed by atoms with Gasteiger partial charge >= 0.3 is 0 Å². The van der Waals surface area contributed by atoms with Crippen LogP contribution in [0.15, 0.2) is 0 Å². The molecule has 90 valence electrons. The quantitative estimate of drug-likeness (QED) is 0.591. The van der Waals surface area contributed by atoms with Gasteiger partial charge < -0.3 is 10.2 Å². The van der Waals surface area contributed by atoms with E-state index in [1.165, 1.54) is 51.7 Å². The molecule has 0 aromatic carbocycles. The van der Waals surface area contributed by atoms with Gasteiger partial charge in [-0.3, -0.25) is 0 Å². The summed E-state index contributed by atoms with van der Waals surface area (Å²) in [6.07, 6.45) is 7.03. The summed E-state index contributed by atoms with van der Waals surface area (Å²) in [6, 6.07) is 0.688. The van der Waals surface area contributed by atoms with Crippen molar-refractivity contribution in [3.63, 3.8) is 0 Å². The molecule has 0 radical (unpaired) electrons. The highest BCUT2D eigenvalue weighted by Crippen LogP contribution is 2.31. The third kappa shape index (κ3) is 6.91. The molecule has 2 heteroatoms. The van der Waals surface area contributed by atoms with Gasteiger partial charge in [0, 0.05) is 6.04 Å². The van der Waals surface area contributed by atoms with Gasteiger partial charge in [-0.05, 0) is 65.7 Å². The van der Waals surface area contributed by atoms with Crippen molar-refractivity contribution in [2.45, 2.75) is 52.0 Å². The predicted octanol–water partition coefficient (Wildman–Crippen LogP) is 2.50. The molecule has 0 saturated heterocycles. The molecule has 0 spiro atoms. The maximum atomic E-state index is 3.54. The highest BCUT2D eigenvalue weighted by molar-refractivity contribution is 4.73. The highest BCUT2D eigenvalue weighted by Gasteiger charge is 2.19. The predicted molar refractivity (Wildman–Crippen MR) is 67.2 cm³/mol. The summed E-state index contributed by atoms with van der Waals surface area (Å²) in [6.45, 7) is 8.20. The molecule has 0 unspecified atom stereocenters. The average molecular weight is 212 g/mol. The van der Waals surface area contributed by atoms with Crippen molar-refractivity contribution in [2.24, 2.45) is 5.92 Å². The Hall–Kier alpha value is -0.0800. The van der Waals surface area contributed by atoms with Crippen molar-refractivity contribution >= 4 is 0 Å². The van der Waals surface area contributed by atoms with Crippen LogP contribution in [0.2, 0.25) is 0 Å². The molecular formula is C13H28N2. The molecule has 1 saturated carbocycles. The van der Waals surface area contributed by atoms with Gasteiger partial charge in [0.2, 0.25) is 0 Å². The fourth-order valence-corrected chi connectivity index (χ4v) is 1.71. The van der Waals surface area contributed by atoms with Crippen LogP contribution in [-0.2, 0) is 0 Å². The lowest BCUT2D eigenvalue weighted by Crippen LogP contribution is -2.28. The monoisotopic (exact) mass is 212 g/mol. The zero-order valence-corrected chi connectivity index (χ0v) is 10.8. The van der Waals surface area contributed by atoms with Gasteiger partial charge in [-0.2, -0.15) is 0 Å². The lowest BCUT2D eigenvalue weighted by atomic mass is 10.2. The van der Waals surface area contributed by atoms with E-state index in [1.807, 2.05) is 0 Å². The van der Waals surface area contributed by atoms with Crippen molar-refractivity contribution in [3.8, 4) is 0 Å². The normalized spacial score (nSPS) is 16.6. The first-order valence-electron chi connectivity index (χ1n) is 6.61. The fourth-order valence-electron chi connectivity index (χ4n) is 1.71. The molecule has 1 fully saturated rings. The molecule has 0 bridgehead atoms. The summed E-state index contributed by atoms with van der Waals surface area (Å²) >= 11 is 0. The van der Waals surface area contributed by atoms with Crippen LogP contribution in [0, 0.1) is 5.92 Å². The third-order valence-electron chi connectivity index (χ3n) is 3.42. The summed E-state index contributed by atoms with van der Waals surface area (Å²) in [5, 5.41) is 3.54. The number of hydrogen-bond acceptors (Lipinski definition) is 2. The zero-order valence-electron chi connectivity index (χ0n) is 10.8. The topological polar surface area (TPSA) is 15.3 Å². The Kier molecular flexibility index (Phi) is 6.26. The van der Waals surface area contributed by atoms with E-state index in [-0.39, 0.29) is 0 Å². The molecular weight excluding hydrogens is 184 g/mol. The van der Waals surface area contributed by atoms with Crippen molar-refractivity contribution in [2.75, 3.05) is 26.7 Å². The molecule has 1 aliphatic carbocycles. The second kappa shape index (κ2) is 7.24. The van der Waals surface area contributed by atoms with E-state index in [0.717, 1.165) is 5.92 Å². The van der Waals surface area contributed by atoms with Crippen LogP contribution >= 0.6 is 0 Å². The maximum Gasteiger partial charge on any atom is 0.00355 e. The van der Waals surface area contributed by atoms with Crippen LogP contribution in [-0.4, -0.2) is 37.6 Å². The number of rotatable bonds is 9. The van der Waals surface area contributed by atoms with E-state index in [1.54, 1.807) is 0 Å². The van der Waals surface area contributed by atoms with E-state index < -0.39 is 0 Å². The summed E-state index contributed by atoms with van der Waals surface area (Å²) < 4.78 is 0. The summed E-state index contributed by atoms with van der Waals surface area (Å²) in [5.74, 6) is 1.07. The Labute approximate surface area is 95.4 Å². The van der Waals surface area contributed by atoms with Crippen molar-refractivity contribution in [3.05, 3.63) is 0 Å². The minimum Gasteiger partial charge on any atom is -0.317 e. The number of nitrogens with zero attached hydrogens (tertiary/aromatic N) is 1. The SMILES string of the molecule is CC(C)N(C)CCCCNCCC1CC1. The minimum atomic E-state index is 0.688. The van der Waals surface area contributed by atoms with Gasteiger partial charge in [-0.1, -0.05) is 12.8 Å². The van der Waals surface area contributed by atoms with Crippen LogP contribution in [0.4, 0.5) is 0 Å². The van der Waals surface area contributed by atoms with Crippen molar-refractivity contribution < 1.29 is 0 Å². The largest absolute Gasteiger partial charge is 0.317 e. The van der Waals surface area contributed by atoms with Gasteiger partial charge in [0.15, 0.2) is 0 Å². The van der Waals surface area contributed by atoms with E-state index in [4.69, 9.17) is 0 Å². The smallest absolute Gasteiger partial charge is 0.00355 e. The zero-order chi connectivity index (χ0) is 11.1. The van der Waals surface area contributed by atoms with E-state index >= 15 is 0 Å². The Bertz CT molecular complexity index is 153. The Morgan fingerprint density at radius 2 is 1.93 bits per heavy atom. The van der Waals surface area contributed by atoms with Crippen LogP contribution in [0.5, 0.6) is 0 Å². The standard InChI is InChI=1S/C13H28N2/c1-12(2)15(3)11-5-4-9-14-10-8-13-6-7-13/h12-14H,4-11H2,1-3H3. The average Bonchev–Trinajstić information content (AvgIpc) is 2.99. The summed E-state index contributed by atoms with van der Waals surface area (Å²) in [5.41, 5.74) is 0. The lowest BCUT2D eigenvalue weighted by molar-refractivity contribution is 0.268. The van der Waals surface area contributed by atoms with Crippen molar-refractivity contribution in [1.29, 1.82) is 0 Å². The molecule has 1 N–H and O–H groups in total. The minimum absolute atomic E-state index is 0.688. The lowest BCUT2D eigenvalue weighted by Gasteiger charge is -2.20. The van der Waals surface area contributed by atoms with Crippen LogP contribution in [0.1, 0.15) is 46.0 Å². The molecule has 2 nitrogen and oxygen atoms in total. The van der Waals surface area contributed by atoms with Gasteiger partial charge in [-0.15, -0.1) is 0 Å². The first kappa shape index (κ1) is 13.0. The molecule has 0 aliphatic heterocycles. The molecule has 0 atom stereocenters. The number of hydrogen-bond donors (Lipinski definition) is 1. The Morgan fingerprint density at radius 1 is 1.20 bits per heavy atom. The summed E-state index contributed by atoms with van der Waals surface area (Å²) in [7, 11) is 2.21. The summed E-state index contributed by atoms with van der Waals surface area (Å²) in [4.78, 5) is 2.42. The van der Waals surface area contributed by atoms with E-state index in [0.29, 0.717) is 6.04 Å². The highest BCUT2D eigenvalue weighted by atomic mass is 15.1. The number of nitrogens with one attached hydrogen (secondary N) is 1. The van der Waals surface area contributed by atoms with Gasteiger partial charge in [0.1, 0.15) is 0 Å². The van der Waals surface area contributed by atoms with E-state index in [2.05, 4.69) is 31.1 Å². The molecule has 0 heterocycles. The Balaban J connectivity index is 1.75. The van der Waals surface area contributed by atoms with Gasteiger partial charge in [0.05, 0.1) is 0 Å². The molecule has 15 heavy (non-hydrogen) atoms. The molecule has 0 aromatic heterocycles. The third-order valence-corrected chi connectivity index (χ3v) is 3.42. The molecule has 1 aliphatic rings. The molecule has 1 rings (SSSR count). The molecule has 0 amide bonds. The molecule has 0 aromatic rings.